The van der Waals surface area contributed by atoms with E-state index in [0.29, 0.717) is 12.0 Å². The lowest BCUT2D eigenvalue weighted by Crippen LogP contribution is -1.95. The van der Waals surface area contributed by atoms with Crippen molar-refractivity contribution >= 4 is 0 Å². The van der Waals surface area contributed by atoms with Gasteiger partial charge in [-0.05, 0) is 18.6 Å². The van der Waals surface area contributed by atoms with Crippen LogP contribution in [0.4, 0.5) is 4.39 Å². The minimum atomic E-state index is -0.174. The van der Waals surface area contributed by atoms with Gasteiger partial charge in [0, 0.05) is 18.8 Å². The monoisotopic (exact) mass is 190 g/mol. The molecule has 3 heteroatoms. The molecule has 1 N–H and O–H groups in total. The molecule has 1 aromatic carbocycles. The van der Waals surface area contributed by atoms with E-state index in [9.17, 15) is 4.39 Å². The summed E-state index contributed by atoms with van der Waals surface area (Å²) in [5, 5.41) is 0. The molecule has 1 heterocycles. The predicted molar refractivity (Wildman–Crippen MR) is 52.5 cm³/mol. The normalized spacial score (nSPS) is 10.4. The SMILES string of the molecule is Cc1ccc(F)c(Cc2ncc[nH]2)c1. The van der Waals surface area contributed by atoms with E-state index in [4.69, 9.17) is 0 Å². The van der Waals surface area contributed by atoms with Gasteiger partial charge >= 0.3 is 0 Å². The second-order valence-corrected chi connectivity index (χ2v) is 3.31. The van der Waals surface area contributed by atoms with Gasteiger partial charge in [-0.3, -0.25) is 0 Å². The molecular formula is C11H11FN2. The van der Waals surface area contributed by atoms with Gasteiger partial charge < -0.3 is 4.98 Å². The maximum atomic E-state index is 13.3. The third-order valence-electron chi connectivity index (χ3n) is 2.11. The fourth-order valence-corrected chi connectivity index (χ4v) is 1.41. The lowest BCUT2D eigenvalue weighted by atomic mass is 10.1. The maximum absolute atomic E-state index is 13.3. The van der Waals surface area contributed by atoms with Gasteiger partial charge in [0.05, 0.1) is 0 Å². The van der Waals surface area contributed by atoms with Crippen LogP contribution in [0.15, 0.2) is 30.6 Å². The van der Waals surface area contributed by atoms with E-state index in [1.165, 1.54) is 6.07 Å². The summed E-state index contributed by atoms with van der Waals surface area (Å²) in [6, 6.07) is 5.10. The van der Waals surface area contributed by atoms with Crippen LogP contribution in [0.2, 0.25) is 0 Å². The Balaban J connectivity index is 2.28. The zero-order valence-corrected chi connectivity index (χ0v) is 7.92. The number of aryl methyl sites for hydroxylation is 1. The Morgan fingerprint density at radius 1 is 1.43 bits per heavy atom. The Hall–Kier alpha value is -1.64. The largest absolute Gasteiger partial charge is 0.348 e. The Morgan fingerprint density at radius 2 is 2.29 bits per heavy atom. The van der Waals surface area contributed by atoms with E-state index >= 15 is 0 Å². The van der Waals surface area contributed by atoms with Crippen LogP contribution in [0.3, 0.4) is 0 Å². The number of rotatable bonds is 2. The molecule has 0 aliphatic rings. The number of hydrogen-bond acceptors (Lipinski definition) is 1. The molecule has 1 aromatic heterocycles. The molecule has 0 unspecified atom stereocenters. The number of benzene rings is 1. The highest BCUT2D eigenvalue weighted by atomic mass is 19.1. The maximum Gasteiger partial charge on any atom is 0.126 e. The lowest BCUT2D eigenvalue weighted by Gasteiger charge is -2.02. The molecule has 2 nitrogen and oxygen atoms in total. The summed E-state index contributed by atoms with van der Waals surface area (Å²) in [5.74, 6) is 0.613. The van der Waals surface area contributed by atoms with Gasteiger partial charge in [-0.1, -0.05) is 17.7 Å². The number of imidazole rings is 1. The highest BCUT2D eigenvalue weighted by Gasteiger charge is 2.04. The molecule has 14 heavy (non-hydrogen) atoms. The van der Waals surface area contributed by atoms with Crippen LogP contribution >= 0.6 is 0 Å². The van der Waals surface area contributed by atoms with Crippen molar-refractivity contribution in [2.75, 3.05) is 0 Å². The molecule has 0 atom stereocenters. The fraction of sp³-hybridized carbons (Fsp3) is 0.182. The molecule has 0 aliphatic heterocycles. The highest BCUT2D eigenvalue weighted by molar-refractivity contribution is 5.26. The van der Waals surface area contributed by atoms with Crippen LogP contribution in [-0.2, 0) is 6.42 Å². The van der Waals surface area contributed by atoms with Gasteiger partial charge in [-0.15, -0.1) is 0 Å². The van der Waals surface area contributed by atoms with Crippen molar-refractivity contribution in [1.29, 1.82) is 0 Å². The zero-order chi connectivity index (χ0) is 9.97. The first-order chi connectivity index (χ1) is 6.75. The van der Waals surface area contributed by atoms with Crippen LogP contribution in [0.1, 0.15) is 17.0 Å². The second kappa shape index (κ2) is 3.62. The van der Waals surface area contributed by atoms with Gasteiger partial charge in [0.25, 0.3) is 0 Å². The van der Waals surface area contributed by atoms with Crippen LogP contribution in [0, 0.1) is 12.7 Å². The number of aromatic amines is 1. The Morgan fingerprint density at radius 3 is 3.00 bits per heavy atom. The number of nitrogens with zero attached hydrogens (tertiary/aromatic N) is 1. The molecule has 0 aliphatic carbocycles. The van der Waals surface area contributed by atoms with Crippen molar-refractivity contribution < 1.29 is 4.39 Å². The lowest BCUT2D eigenvalue weighted by molar-refractivity contribution is 0.612. The van der Waals surface area contributed by atoms with Crippen molar-refractivity contribution in [2.24, 2.45) is 0 Å². The Bertz CT molecular complexity index is 421. The zero-order valence-electron chi connectivity index (χ0n) is 7.92. The van der Waals surface area contributed by atoms with Crippen molar-refractivity contribution in [3.63, 3.8) is 0 Å². The van der Waals surface area contributed by atoms with Crippen molar-refractivity contribution in [2.45, 2.75) is 13.3 Å². The standard InChI is InChI=1S/C11H11FN2/c1-8-2-3-10(12)9(6-8)7-11-13-4-5-14-11/h2-6H,7H2,1H3,(H,13,14). The number of halogens is 1. The van der Waals surface area contributed by atoms with E-state index in [1.54, 1.807) is 18.5 Å². The summed E-state index contributed by atoms with van der Waals surface area (Å²) in [6.07, 6.45) is 3.92. The fourth-order valence-electron chi connectivity index (χ4n) is 1.41. The summed E-state index contributed by atoms with van der Waals surface area (Å²) in [7, 11) is 0. The first-order valence-corrected chi connectivity index (χ1v) is 4.49. The Kier molecular flexibility index (Phi) is 2.31. The van der Waals surface area contributed by atoms with Crippen molar-refractivity contribution in [1.82, 2.24) is 9.97 Å². The molecule has 72 valence electrons. The predicted octanol–water partition coefficient (Wildman–Crippen LogP) is 2.45. The van der Waals surface area contributed by atoms with E-state index < -0.39 is 0 Å². The van der Waals surface area contributed by atoms with Crippen LogP contribution in [0.25, 0.3) is 0 Å². The summed E-state index contributed by atoms with van der Waals surface area (Å²) < 4.78 is 13.3. The van der Waals surface area contributed by atoms with Crippen LogP contribution in [-0.4, -0.2) is 9.97 Å². The van der Waals surface area contributed by atoms with E-state index in [0.717, 1.165) is 11.4 Å². The van der Waals surface area contributed by atoms with E-state index in [1.807, 2.05) is 13.0 Å². The second-order valence-electron chi connectivity index (χ2n) is 3.31. The molecule has 0 saturated heterocycles. The van der Waals surface area contributed by atoms with Crippen molar-refractivity contribution in [3.05, 3.63) is 53.4 Å². The first kappa shape index (κ1) is 8.94. The quantitative estimate of drug-likeness (QED) is 0.774. The van der Waals surface area contributed by atoms with Gasteiger partial charge in [0.2, 0.25) is 0 Å². The summed E-state index contributed by atoms with van der Waals surface area (Å²) in [6.45, 7) is 1.95. The molecule has 0 fully saturated rings. The molecule has 0 amide bonds. The molecule has 0 bridgehead atoms. The molecule has 0 radical (unpaired) electrons. The first-order valence-electron chi connectivity index (χ1n) is 4.49. The smallest absolute Gasteiger partial charge is 0.126 e. The minimum absolute atomic E-state index is 0.174. The topological polar surface area (TPSA) is 28.7 Å². The van der Waals surface area contributed by atoms with Gasteiger partial charge in [-0.25, -0.2) is 9.37 Å². The van der Waals surface area contributed by atoms with Crippen LogP contribution < -0.4 is 0 Å². The molecule has 2 aromatic rings. The summed E-state index contributed by atoms with van der Waals surface area (Å²) >= 11 is 0. The van der Waals surface area contributed by atoms with E-state index in [2.05, 4.69) is 9.97 Å². The minimum Gasteiger partial charge on any atom is -0.348 e. The third-order valence-corrected chi connectivity index (χ3v) is 2.11. The summed E-state index contributed by atoms with van der Waals surface area (Å²) in [5.41, 5.74) is 1.74. The number of hydrogen-bond donors (Lipinski definition) is 1. The van der Waals surface area contributed by atoms with Crippen LogP contribution in [0.5, 0.6) is 0 Å². The Labute approximate surface area is 81.8 Å². The van der Waals surface area contributed by atoms with Gasteiger partial charge in [0.15, 0.2) is 0 Å². The third kappa shape index (κ3) is 1.82. The molecule has 0 saturated carbocycles. The molecular weight excluding hydrogens is 179 g/mol. The number of nitrogens with one attached hydrogen (secondary N) is 1. The average molecular weight is 190 g/mol. The average Bonchev–Trinajstić information content (AvgIpc) is 2.64. The number of aromatic nitrogens is 2. The van der Waals surface area contributed by atoms with Gasteiger partial charge in [0.1, 0.15) is 11.6 Å². The van der Waals surface area contributed by atoms with Gasteiger partial charge in [-0.2, -0.15) is 0 Å². The molecule has 0 spiro atoms. The summed E-state index contributed by atoms with van der Waals surface area (Å²) in [4.78, 5) is 7.01. The highest BCUT2D eigenvalue weighted by Crippen LogP contribution is 2.12. The van der Waals surface area contributed by atoms with Crippen molar-refractivity contribution in [3.8, 4) is 0 Å². The molecule has 2 rings (SSSR count). The van der Waals surface area contributed by atoms with E-state index in [-0.39, 0.29) is 5.82 Å². The number of H-pyrrole nitrogens is 1.